The number of thioether (sulfide) groups is 1. The van der Waals surface area contributed by atoms with Crippen molar-refractivity contribution < 1.29 is 9.53 Å². The van der Waals surface area contributed by atoms with Gasteiger partial charge in [0.2, 0.25) is 11.9 Å². The lowest BCUT2D eigenvalue weighted by Gasteiger charge is -2.11. The van der Waals surface area contributed by atoms with Crippen LogP contribution in [0.1, 0.15) is 12.7 Å². The lowest BCUT2D eigenvalue weighted by Crippen LogP contribution is -2.18. The molecule has 1 aromatic heterocycles. The van der Waals surface area contributed by atoms with Crippen molar-refractivity contribution in [1.82, 2.24) is 15.0 Å². The summed E-state index contributed by atoms with van der Waals surface area (Å²) in [4.78, 5) is 25.5. The normalized spacial score (nSPS) is 11.6. The third-order valence-corrected chi connectivity index (χ3v) is 4.87. The summed E-state index contributed by atoms with van der Waals surface area (Å²) < 4.78 is 5.32. The summed E-state index contributed by atoms with van der Waals surface area (Å²) >= 11 is 7.25. The van der Waals surface area contributed by atoms with Crippen LogP contribution in [0.2, 0.25) is 5.02 Å². The van der Waals surface area contributed by atoms with Gasteiger partial charge in [-0.15, -0.1) is 11.8 Å². The highest BCUT2D eigenvalue weighted by Crippen LogP contribution is 2.25. The number of carbonyl (C=O) groups is 1. The second kappa shape index (κ2) is 9.38. The second-order valence-corrected chi connectivity index (χ2v) is 7.60. The highest BCUT2D eigenvalue weighted by molar-refractivity contribution is 8.00. The molecule has 0 saturated heterocycles. The highest BCUT2D eigenvalue weighted by atomic mass is 35.5. The van der Waals surface area contributed by atoms with E-state index in [9.17, 15) is 4.79 Å². The molecule has 0 spiro atoms. The maximum absolute atomic E-state index is 12.3. The van der Waals surface area contributed by atoms with Gasteiger partial charge < -0.3 is 15.8 Å². The Bertz CT molecular complexity index is 941. The van der Waals surface area contributed by atoms with Crippen LogP contribution in [0.5, 0.6) is 0 Å². The molecule has 0 aliphatic rings. The minimum absolute atomic E-state index is 0.0445. The summed E-state index contributed by atoms with van der Waals surface area (Å²) in [6.07, 6.45) is 0. The molecule has 1 heterocycles. The molecule has 0 aliphatic carbocycles. The molecule has 1 unspecified atom stereocenters. The van der Waals surface area contributed by atoms with E-state index in [1.165, 1.54) is 11.8 Å². The van der Waals surface area contributed by atoms with E-state index in [2.05, 4.69) is 20.3 Å². The van der Waals surface area contributed by atoms with Crippen LogP contribution in [0.15, 0.2) is 59.5 Å². The van der Waals surface area contributed by atoms with Gasteiger partial charge in [-0.25, -0.2) is 0 Å². The zero-order chi connectivity index (χ0) is 19.9. The maximum Gasteiger partial charge on any atom is 0.319 e. The minimum atomic E-state index is -0.401. The van der Waals surface area contributed by atoms with Gasteiger partial charge in [0.15, 0.2) is 12.4 Å². The molecule has 9 heteroatoms. The number of nitrogens with two attached hydrogens (primary N) is 1. The molecule has 0 amide bonds. The first-order chi connectivity index (χ1) is 13.5. The Balaban J connectivity index is 1.58. The summed E-state index contributed by atoms with van der Waals surface area (Å²) in [7, 11) is 0. The zero-order valence-corrected chi connectivity index (χ0v) is 16.6. The van der Waals surface area contributed by atoms with E-state index in [4.69, 9.17) is 22.1 Å². The van der Waals surface area contributed by atoms with E-state index in [0.717, 1.165) is 10.6 Å². The lowest BCUT2D eigenvalue weighted by atomic mass is 10.3. The number of anilines is 3. The van der Waals surface area contributed by atoms with Crippen molar-refractivity contribution in [3.05, 3.63) is 65.4 Å². The molecule has 3 N–H and O–H groups in total. The fourth-order valence-electron chi connectivity index (χ4n) is 2.23. The van der Waals surface area contributed by atoms with Crippen molar-refractivity contribution in [2.45, 2.75) is 23.7 Å². The van der Waals surface area contributed by atoms with Crippen LogP contribution in [-0.2, 0) is 16.1 Å². The molecule has 0 fully saturated rings. The summed E-state index contributed by atoms with van der Waals surface area (Å²) in [5.74, 6) is 0.218. The molecule has 0 aliphatic heterocycles. The number of aromatic nitrogens is 3. The number of nitrogens with zero attached hydrogens (tertiary/aromatic N) is 3. The number of carbonyl (C=O) groups excluding carboxylic acids is 1. The molecule has 144 valence electrons. The van der Waals surface area contributed by atoms with E-state index in [1.807, 2.05) is 42.5 Å². The van der Waals surface area contributed by atoms with Crippen LogP contribution in [0.3, 0.4) is 0 Å². The third-order valence-electron chi connectivity index (χ3n) is 3.53. The summed E-state index contributed by atoms with van der Waals surface area (Å²) in [6.45, 7) is 1.67. The Hall–Kier alpha value is -2.84. The van der Waals surface area contributed by atoms with Crippen LogP contribution in [0.25, 0.3) is 0 Å². The number of hydrogen-bond donors (Lipinski definition) is 2. The number of hydrogen-bond acceptors (Lipinski definition) is 8. The molecule has 0 saturated carbocycles. The molecule has 28 heavy (non-hydrogen) atoms. The first kappa shape index (κ1) is 19.9. The number of nitrogens with one attached hydrogen (secondary N) is 1. The van der Waals surface area contributed by atoms with E-state index in [1.54, 1.807) is 19.1 Å². The lowest BCUT2D eigenvalue weighted by molar-refractivity contribution is -0.144. The highest BCUT2D eigenvalue weighted by Gasteiger charge is 2.17. The molecular weight excluding hydrogens is 398 g/mol. The van der Waals surface area contributed by atoms with E-state index >= 15 is 0 Å². The van der Waals surface area contributed by atoms with Crippen LogP contribution >= 0.6 is 23.4 Å². The van der Waals surface area contributed by atoms with Gasteiger partial charge in [0.25, 0.3) is 0 Å². The number of esters is 1. The van der Waals surface area contributed by atoms with Crippen LogP contribution in [0.4, 0.5) is 17.6 Å². The van der Waals surface area contributed by atoms with Gasteiger partial charge in [0.05, 0.1) is 0 Å². The minimum Gasteiger partial charge on any atom is -0.457 e. The standard InChI is InChI=1S/C19H18ClN5O2S/c1-12(28-15-9-7-13(20)8-10-15)17(26)27-11-16-23-18(21)25-19(24-16)22-14-5-3-2-4-6-14/h2-10,12H,11H2,1H3,(H3,21,22,23,24,25). The van der Waals surface area contributed by atoms with E-state index in [0.29, 0.717) is 5.02 Å². The number of benzene rings is 2. The number of para-hydroxylation sites is 1. The summed E-state index contributed by atoms with van der Waals surface area (Å²) in [5.41, 5.74) is 6.55. The summed E-state index contributed by atoms with van der Waals surface area (Å²) in [6, 6.07) is 16.7. The Kier molecular flexibility index (Phi) is 6.67. The third kappa shape index (κ3) is 5.83. The molecule has 3 rings (SSSR count). The van der Waals surface area contributed by atoms with Crippen molar-refractivity contribution in [2.24, 2.45) is 0 Å². The maximum atomic E-state index is 12.3. The van der Waals surface area contributed by atoms with Crippen LogP contribution < -0.4 is 11.1 Å². The van der Waals surface area contributed by atoms with Crippen molar-refractivity contribution in [2.75, 3.05) is 11.1 Å². The second-order valence-electron chi connectivity index (χ2n) is 5.75. The fourth-order valence-corrected chi connectivity index (χ4v) is 3.22. The molecule has 2 aromatic carbocycles. The number of ether oxygens (including phenoxy) is 1. The Morgan fingerprint density at radius 1 is 1.14 bits per heavy atom. The van der Waals surface area contributed by atoms with Gasteiger partial charge in [-0.1, -0.05) is 29.8 Å². The average Bonchev–Trinajstić information content (AvgIpc) is 2.68. The first-order valence-electron chi connectivity index (χ1n) is 8.41. The quantitative estimate of drug-likeness (QED) is 0.439. The molecule has 1 atom stereocenters. The Labute approximate surface area is 171 Å². The van der Waals surface area contributed by atoms with Crippen LogP contribution in [0, 0.1) is 0 Å². The number of rotatable bonds is 7. The molecular formula is C19H18ClN5O2S. The van der Waals surface area contributed by atoms with Gasteiger partial charge in [-0.3, -0.25) is 4.79 Å². The topological polar surface area (TPSA) is 103 Å². The van der Waals surface area contributed by atoms with E-state index in [-0.39, 0.29) is 30.3 Å². The zero-order valence-electron chi connectivity index (χ0n) is 15.0. The van der Waals surface area contributed by atoms with Gasteiger partial charge in [-0.05, 0) is 43.3 Å². The molecule has 7 nitrogen and oxygen atoms in total. The van der Waals surface area contributed by atoms with Gasteiger partial charge >= 0.3 is 5.97 Å². The number of halogens is 1. The fraction of sp³-hybridized carbons (Fsp3) is 0.158. The van der Waals surface area contributed by atoms with Crippen molar-refractivity contribution in [3.8, 4) is 0 Å². The molecule has 3 aromatic rings. The van der Waals surface area contributed by atoms with Crippen molar-refractivity contribution in [3.63, 3.8) is 0 Å². The first-order valence-corrected chi connectivity index (χ1v) is 9.67. The smallest absolute Gasteiger partial charge is 0.319 e. The predicted molar refractivity (Wildman–Crippen MR) is 111 cm³/mol. The largest absolute Gasteiger partial charge is 0.457 e. The van der Waals surface area contributed by atoms with Crippen molar-refractivity contribution >= 4 is 46.9 Å². The monoisotopic (exact) mass is 415 g/mol. The molecule has 0 bridgehead atoms. The van der Waals surface area contributed by atoms with Gasteiger partial charge in [0.1, 0.15) is 5.25 Å². The van der Waals surface area contributed by atoms with Gasteiger partial charge in [-0.2, -0.15) is 15.0 Å². The summed E-state index contributed by atoms with van der Waals surface area (Å²) in [5, 5.41) is 3.28. The van der Waals surface area contributed by atoms with Crippen molar-refractivity contribution in [1.29, 1.82) is 0 Å². The van der Waals surface area contributed by atoms with Gasteiger partial charge in [0, 0.05) is 15.6 Å². The average molecular weight is 416 g/mol. The molecule has 0 radical (unpaired) electrons. The van der Waals surface area contributed by atoms with E-state index < -0.39 is 5.25 Å². The Morgan fingerprint density at radius 3 is 2.57 bits per heavy atom. The van der Waals surface area contributed by atoms with Crippen LogP contribution in [-0.4, -0.2) is 26.2 Å². The SMILES string of the molecule is CC(Sc1ccc(Cl)cc1)C(=O)OCc1nc(N)nc(Nc2ccccc2)n1. The Morgan fingerprint density at radius 2 is 1.86 bits per heavy atom. The predicted octanol–water partition coefficient (Wildman–Crippen LogP) is 4.07. The number of nitrogen functional groups attached to an aromatic ring is 1.